The van der Waals surface area contributed by atoms with Crippen molar-refractivity contribution in [3.05, 3.63) is 46.2 Å². The van der Waals surface area contributed by atoms with Gasteiger partial charge in [0, 0.05) is 37.8 Å². The van der Waals surface area contributed by atoms with Crippen LogP contribution in [0, 0.1) is 0 Å². The van der Waals surface area contributed by atoms with Crippen LogP contribution in [0.4, 0.5) is 10.6 Å². The maximum atomic E-state index is 12.7. The van der Waals surface area contributed by atoms with Crippen molar-refractivity contribution >= 4 is 34.2 Å². The van der Waals surface area contributed by atoms with Gasteiger partial charge in [0.1, 0.15) is 16.4 Å². The molecule has 0 aliphatic carbocycles. The van der Waals surface area contributed by atoms with E-state index < -0.39 is 11.6 Å². The molecule has 0 saturated carbocycles. The fourth-order valence-electron chi connectivity index (χ4n) is 3.39. The van der Waals surface area contributed by atoms with Gasteiger partial charge in [-0.15, -0.1) is 0 Å². The minimum atomic E-state index is -0.543. The smallest absolute Gasteiger partial charge is 0.410 e. The Kier molecular flexibility index (Phi) is 6.07. The average Bonchev–Trinajstić information content (AvgIpc) is 3.22. The quantitative estimate of drug-likeness (QED) is 0.537. The molecule has 1 fully saturated rings. The van der Waals surface area contributed by atoms with Crippen molar-refractivity contribution < 1.29 is 19.1 Å². The van der Waals surface area contributed by atoms with E-state index in [-0.39, 0.29) is 11.7 Å². The standard InChI is InChI=1S/C22H25N5O5S/c1-22(2,3)32-21(30)26-11-9-25(10-12-26)16-13-17(28)27-20(23-16)33-18(24-27)14-5-7-15(8-6-14)19(29)31-4/h5-8,13H,9-12H2,1-4H3. The summed E-state index contributed by atoms with van der Waals surface area (Å²) in [4.78, 5) is 45.3. The van der Waals surface area contributed by atoms with Gasteiger partial charge in [-0.1, -0.05) is 23.5 Å². The van der Waals surface area contributed by atoms with Crippen LogP contribution in [-0.4, -0.2) is 70.5 Å². The van der Waals surface area contributed by atoms with E-state index in [0.717, 1.165) is 5.56 Å². The van der Waals surface area contributed by atoms with Crippen LogP contribution in [0.15, 0.2) is 35.1 Å². The Labute approximate surface area is 194 Å². The summed E-state index contributed by atoms with van der Waals surface area (Å²) >= 11 is 1.29. The minimum absolute atomic E-state index is 0.279. The van der Waals surface area contributed by atoms with E-state index in [1.54, 1.807) is 29.2 Å². The van der Waals surface area contributed by atoms with Gasteiger partial charge >= 0.3 is 12.1 Å². The predicted molar refractivity (Wildman–Crippen MR) is 124 cm³/mol. The number of amides is 1. The zero-order chi connectivity index (χ0) is 23.8. The largest absolute Gasteiger partial charge is 0.465 e. The summed E-state index contributed by atoms with van der Waals surface area (Å²) in [5, 5.41) is 5.00. The molecule has 1 saturated heterocycles. The van der Waals surface area contributed by atoms with Crippen LogP contribution in [-0.2, 0) is 9.47 Å². The summed E-state index contributed by atoms with van der Waals surface area (Å²) in [5.41, 5.74) is 0.382. The molecule has 1 amide bonds. The molecule has 0 unspecified atom stereocenters. The van der Waals surface area contributed by atoms with E-state index in [9.17, 15) is 14.4 Å². The lowest BCUT2D eigenvalue weighted by Gasteiger charge is -2.36. The molecular weight excluding hydrogens is 446 g/mol. The summed E-state index contributed by atoms with van der Waals surface area (Å²) in [7, 11) is 1.33. The van der Waals surface area contributed by atoms with E-state index in [2.05, 4.69) is 10.1 Å². The molecule has 1 aliphatic heterocycles. The van der Waals surface area contributed by atoms with Crippen LogP contribution in [0.1, 0.15) is 31.1 Å². The Balaban J connectivity index is 1.51. The van der Waals surface area contributed by atoms with E-state index in [1.165, 1.54) is 29.0 Å². The second-order valence-corrected chi connectivity index (χ2v) is 9.53. The van der Waals surface area contributed by atoms with Gasteiger partial charge in [-0.05, 0) is 32.9 Å². The summed E-state index contributed by atoms with van der Waals surface area (Å²) < 4.78 is 11.4. The number of ether oxygens (including phenoxy) is 2. The lowest BCUT2D eigenvalue weighted by atomic mass is 10.1. The Morgan fingerprint density at radius 2 is 1.73 bits per heavy atom. The molecule has 2 aromatic heterocycles. The number of benzene rings is 1. The Morgan fingerprint density at radius 1 is 1.06 bits per heavy atom. The average molecular weight is 472 g/mol. The van der Waals surface area contributed by atoms with Gasteiger partial charge < -0.3 is 19.3 Å². The molecule has 0 radical (unpaired) electrons. The van der Waals surface area contributed by atoms with E-state index >= 15 is 0 Å². The summed E-state index contributed by atoms with van der Waals surface area (Å²) in [5.74, 6) is 0.139. The maximum Gasteiger partial charge on any atom is 0.410 e. The second-order valence-electron chi connectivity index (χ2n) is 8.58. The highest BCUT2D eigenvalue weighted by molar-refractivity contribution is 7.19. The molecule has 3 heterocycles. The summed E-state index contributed by atoms with van der Waals surface area (Å²) in [6.07, 6.45) is -0.337. The first-order valence-corrected chi connectivity index (χ1v) is 11.3. The second kappa shape index (κ2) is 8.81. The number of aromatic nitrogens is 3. The molecule has 174 valence electrons. The number of esters is 1. The predicted octanol–water partition coefficient (Wildman–Crippen LogP) is 2.66. The number of carbonyl (C=O) groups excluding carboxylic acids is 2. The molecule has 0 N–H and O–H groups in total. The molecule has 10 nitrogen and oxygen atoms in total. The van der Waals surface area contributed by atoms with E-state index in [4.69, 9.17) is 9.47 Å². The number of carbonyl (C=O) groups is 2. The number of hydrogen-bond acceptors (Lipinski definition) is 9. The van der Waals surface area contributed by atoms with Crippen molar-refractivity contribution in [2.24, 2.45) is 0 Å². The SMILES string of the molecule is COC(=O)c1ccc(-c2nn3c(=O)cc(N4CCN(C(=O)OC(C)(C)C)CC4)nc3s2)cc1. The fourth-order valence-corrected chi connectivity index (χ4v) is 4.30. The monoisotopic (exact) mass is 471 g/mol. The van der Waals surface area contributed by atoms with Crippen molar-refractivity contribution in [3.8, 4) is 10.6 Å². The number of anilines is 1. The van der Waals surface area contributed by atoms with Crippen molar-refractivity contribution in [1.82, 2.24) is 19.5 Å². The van der Waals surface area contributed by atoms with Gasteiger partial charge in [-0.2, -0.15) is 9.61 Å². The van der Waals surface area contributed by atoms with Gasteiger partial charge in [-0.25, -0.2) is 14.6 Å². The van der Waals surface area contributed by atoms with Crippen LogP contribution in [0.2, 0.25) is 0 Å². The van der Waals surface area contributed by atoms with Gasteiger partial charge in [-0.3, -0.25) is 4.79 Å². The van der Waals surface area contributed by atoms with Gasteiger partial charge in [0.2, 0.25) is 4.96 Å². The molecule has 0 spiro atoms. The first-order chi connectivity index (χ1) is 15.6. The number of methoxy groups -OCH3 is 1. The molecule has 1 aromatic carbocycles. The molecule has 33 heavy (non-hydrogen) atoms. The lowest BCUT2D eigenvalue weighted by Crippen LogP contribution is -2.50. The first kappa shape index (κ1) is 22.7. The highest BCUT2D eigenvalue weighted by Gasteiger charge is 2.27. The molecule has 0 bridgehead atoms. The summed E-state index contributed by atoms with van der Waals surface area (Å²) in [6.45, 7) is 7.57. The molecule has 11 heteroatoms. The molecule has 1 aliphatic rings. The zero-order valence-corrected chi connectivity index (χ0v) is 19.7. The topological polar surface area (TPSA) is 106 Å². The zero-order valence-electron chi connectivity index (χ0n) is 18.9. The fraction of sp³-hybridized carbons (Fsp3) is 0.409. The molecule has 0 atom stereocenters. The lowest BCUT2D eigenvalue weighted by molar-refractivity contribution is 0.0240. The first-order valence-electron chi connectivity index (χ1n) is 10.5. The Hall–Kier alpha value is -3.47. The van der Waals surface area contributed by atoms with Crippen molar-refractivity contribution in [3.63, 3.8) is 0 Å². The number of rotatable bonds is 3. The van der Waals surface area contributed by atoms with Gasteiger partial charge in [0.05, 0.1) is 12.7 Å². The van der Waals surface area contributed by atoms with Crippen LogP contribution in [0.3, 0.4) is 0 Å². The van der Waals surface area contributed by atoms with Crippen LogP contribution in [0.5, 0.6) is 0 Å². The summed E-state index contributed by atoms with van der Waals surface area (Å²) in [6, 6.07) is 8.27. The third-order valence-electron chi connectivity index (χ3n) is 5.04. The number of nitrogens with zero attached hydrogens (tertiary/aromatic N) is 5. The number of hydrogen-bond donors (Lipinski definition) is 0. The Morgan fingerprint density at radius 3 is 2.33 bits per heavy atom. The molecule has 4 rings (SSSR count). The van der Waals surface area contributed by atoms with Crippen molar-refractivity contribution in [2.45, 2.75) is 26.4 Å². The third-order valence-corrected chi connectivity index (χ3v) is 6.00. The highest BCUT2D eigenvalue weighted by Crippen LogP contribution is 2.26. The van der Waals surface area contributed by atoms with Gasteiger partial charge in [0.25, 0.3) is 5.56 Å². The highest BCUT2D eigenvalue weighted by atomic mass is 32.1. The normalized spacial score (nSPS) is 14.4. The van der Waals surface area contributed by atoms with Gasteiger partial charge in [0.15, 0.2) is 0 Å². The number of fused-ring (bicyclic) bond motifs is 1. The minimum Gasteiger partial charge on any atom is -0.465 e. The maximum absolute atomic E-state index is 12.7. The third kappa shape index (κ3) is 4.98. The van der Waals surface area contributed by atoms with E-state index in [1.807, 2.05) is 25.7 Å². The van der Waals surface area contributed by atoms with Crippen LogP contribution < -0.4 is 10.5 Å². The van der Waals surface area contributed by atoms with Crippen molar-refractivity contribution in [1.29, 1.82) is 0 Å². The van der Waals surface area contributed by atoms with E-state index in [0.29, 0.717) is 47.5 Å². The van der Waals surface area contributed by atoms with Crippen molar-refractivity contribution in [2.75, 3.05) is 38.2 Å². The van der Waals surface area contributed by atoms with Crippen LogP contribution >= 0.6 is 11.3 Å². The molecule has 3 aromatic rings. The van der Waals surface area contributed by atoms with Crippen LogP contribution in [0.25, 0.3) is 15.5 Å². The number of piperazine rings is 1. The molecular formula is C22H25N5O5S. The Bertz CT molecular complexity index is 1240.